The molecule has 0 spiro atoms. The first kappa shape index (κ1) is 25.2. The summed E-state index contributed by atoms with van der Waals surface area (Å²) in [7, 11) is 0. The Kier molecular flexibility index (Phi) is 5.61. The number of aryl methyl sites for hydroxylation is 2. The Labute approximate surface area is 216 Å². The number of phenols is 1. The highest BCUT2D eigenvalue weighted by molar-refractivity contribution is 6.33. The highest BCUT2D eigenvalue weighted by Gasteiger charge is 2.69. The van der Waals surface area contributed by atoms with Gasteiger partial charge in [0.2, 0.25) is 11.6 Å². The van der Waals surface area contributed by atoms with Gasteiger partial charge in [-0.1, -0.05) is 55.8 Å². The molecule has 0 aliphatic heterocycles. The van der Waals surface area contributed by atoms with Crippen LogP contribution in [0.4, 0.5) is 0 Å². The Bertz CT molecular complexity index is 1430. The van der Waals surface area contributed by atoms with Crippen LogP contribution in [0.5, 0.6) is 5.75 Å². The Balaban J connectivity index is 1.65. The maximum atomic E-state index is 14.0. The van der Waals surface area contributed by atoms with Crippen LogP contribution in [0, 0.1) is 10.8 Å². The molecule has 3 aliphatic rings. The number of ketones is 3. The molecule has 6 heteroatoms. The number of carbonyl (C=O) groups excluding carboxylic acids is 3. The van der Waals surface area contributed by atoms with Crippen molar-refractivity contribution in [2.24, 2.45) is 10.8 Å². The molecule has 1 saturated carbocycles. The molecule has 2 aromatic rings. The molecular formula is C31H32O6. The number of hydrogen-bond acceptors (Lipinski definition) is 6. The van der Waals surface area contributed by atoms with E-state index in [0.29, 0.717) is 18.4 Å². The second kappa shape index (κ2) is 8.25. The van der Waals surface area contributed by atoms with Gasteiger partial charge in [-0.15, -0.1) is 0 Å². The van der Waals surface area contributed by atoms with E-state index in [9.17, 15) is 29.7 Å². The summed E-state index contributed by atoms with van der Waals surface area (Å²) in [6, 6.07) is 13.4. The van der Waals surface area contributed by atoms with Crippen LogP contribution in [-0.4, -0.2) is 38.3 Å². The zero-order valence-electron chi connectivity index (χ0n) is 21.6. The number of rotatable bonds is 4. The third kappa shape index (κ3) is 3.46. The molecular weight excluding hydrogens is 468 g/mol. The summed E-state index contributed by atoms with van der Waals surface area (Å²) < 4.78 is 0. The van der Waals surface area contributed by atoms with Crippen LogP contribution >= 0.6 is 0 Å². The molecule has 0 aromatic heterocycles. The lowest BCUT2D eigenvalue weighted by Gasteiger charge is -2.56. The van der Waals surface area contributed by atoms with Gasteiger partial charge in [-0.3, -0.25) is 14.4 Å². The summed E-state index contributed by atoms with van der Waals surface area (Å²) in [6.07, 6.45) is 2.29. The standard InChI is InChI=1S/C31H32O6/c1-17-14-30(4)16-29(3)15-21-20(11-10-19-8-6-5-7-9-19)12-13-22(33)24(21)26(34)25(29)28(36)31(30,37)27(35)23(17)18(2)32/h5-9,12-13,33-34,37H,10-11,14-16H2,1-4H3/t29-,30+,31+/m1/s1. The predicted octanol–water partition coefficient (Wildman–Crippen LogP) is 4.60. The number of aliphatic hydroxyl groups excluding tert-OH is 1. The fraction of sp³-hybridized carbons (Fsp3) is 0.387. The summed E-state index contributed by atoms with van der Waals surface area (Å²) in [6.45, 7) is 6.55. The number of fused-ring (bicyclic) bond motifs is 3. The monoisotopic (exact) mass is 500 g/mol. The second-order valence-electron chi connectivity index (χ2n) is 11.5. The maximum Gasteiger partial charge on any atom is 0.206 e. The van der Waals surface area contributed by atoms with Gasteiger partial charge in [0.25, 0.3) is 0 Å². The molecule has 6 nitrogen and oxygen atoms in total. The molecule has 0 saturated heterocycles. The molecule has 3 aliphatic carbocycles. The van der Waals surface area contributed by atoms with E-state index in [-0.39, 0.29) is 35.3 Å². The largest absolute Gasteiger partial charge is 0.507 e. The number of phenolic OH excluding ortho intramolecular Hbond substituents is 1. The van der Waals surface area contributed by atoms with E-state index >= 15 is 0 Å². The van der Waals surface area contributed by atoms with Crippen molar-refractivity contribution in [2.75, 3.05) is 0 Å². The smallest absolute Gasteiger partial charge is 0.206 e. The van der Waals surface area contributed by atoms with Crippen molar-refractivity contribution >= 4 is 23.1 Å². The Morgan fingerprint density at radius 2 is 1.62 bits per heavy atom. The molecule has 2 aromatic carbocycles. The van der Waals surface area contributed by atoms with Crippen molar-refractivity contribution in [3.8, 4) is 5.75 Å². The van der Waals surface area contributed by atoms with Crippen molar-refractivity contribution < 1.29 is 29.7 Å². The van der Waals surface area contributed by atoms with Gasteiger partial charge >= 0.3 is 0 Å². The van der Waals surface area contributed by atoms with Crippen LogP contribution in [0.15, 0.2) is 59.2 Å². The van der Waals surface area contributed by atoms with Crippen LogP contribution in [0.1, 0.15) is 62.8 Å². The van der Waals surface area contributed by atoms with Crippen LogP contribution in [0.2, 0.25) is 0 Å². The van der Waals surface area contributed by atoms with Gasteiger partial charge < -0.3 is 15.3 Å². The number of carbonyl (C=O) groups is 3. The van der Waals surface area contributed by atoms with Crippen molar-refractivity contribution in [1.82, 2.24) is 0 Å². The van der Waals surface area contributed by atoms with Crippen LogP contribution < -0.4 is 0 Å². The van der Waals surface area contributed by atoms with E-state index < -0.39 is 39.5 Å². The molecule has 3 atom stereocenters. The Morgan fingerprint density at radius 1 is 0.946 bits per heavy atom. The van der Waals surface area contributed by atoms with Crippen molar-refractivity contribution in [1.29, 1.82) is 0 Å². The Hall–Kier alpha value is -3.51. The third-order valence-electron chi connectivity index (χ3n) is 8.76. The minimum absolute atomic E-state index is 0.0497. The molecule has 192 valence electrons. The molecule has 3 N–H and O–H groups in total. The summed E-state index contributed by atoms with van der Waals surface area (Å²) in [5, 5.41) is 34.0. The summed E-state index contributed by atoms with van der Waals surface area (Å²) in [5.74, 6) is -2.82. The van der Waals surface area contributed by atoms with Crippen LogP contribution in [0.25, 0.3) is 5.76 Å². The molecule has 0 amide bonds. The fourth-order valence-electron chi connectivity index (χ4n) is 7.24. The first-order valence-corrected chi connectivity index (χ1v) is 12.7. The minimum atomic E-state index is -2.46. The fourth-order valence-corrected chi connectivity index (χ4v) is 7.24. The molecule has 0 radical (unpaired) electrons. The summed E-state index contributed by atoms with van der Waals surface area (Å²) in [4.78, 5) is 39.8. The minimum Gasteiger partial charge on any atom is -0.507 e. The summed E-state index contributed by atoms with van der Waals surface area (Å²) >= 11 is 0. The van der Waals surface area contributed by atoms with E-state index in [4.69, 9.17) is 0 Å². The summed E-state index contributed by atoms with van der Waals surface area (Å²) in [5.41, 5.74) is -1.02. The molecule has 0 heterocycles. The molecule has 5 rings (SSSR count). The topological polar surface area (TPSA) is 112 Å². The number of aromatic hydroxyl groups is 1. The lowest BCUT2D eigenvalue weighted by molar-refractivity contribution is -0.171. The van der Waals surface area contributed by atoms with Gasteiger partial charge in [-0.2, -0.15) is 0 Å². The first-order chi connectivity index (χ1) is 17.3. The zero-order chi connectivity index (χ0) is 26.9. The average molecular weight is 501 g/mol. The average Bonchev–Trinajstić information content (AvgIpc) is 2.81. The SMILES string of the molecule is CC(=O)C1=C(C)C[C@@]2(C)C[C@@]3(C)Cc4c(CCc5ccccc5)ccc(O)c4C(O)=C3C(=O)[C@@]2(O)C1=O. The predicted molar refractivity (Wildman–Crippen MR) is 139 cm³/mol. The van der Waals surface area contributed by atoms with E-state index in [1.807, 2.05) is 31.2 Å². The quantitative estimate of drug-likeness (QED) is 0.418. The van der Waals surface area contributed by atoms with Gasteiger partial charge in [-0.05, 0) is 68.7 Å². The Morgan fingerprint density at radius 3 is 2.27 bits per heavy atom. The molecule has 1 fully saturated rings. The van der Waals surface area contributed by atoms with Gasteiger partial charge in [0.1, 0.15) is 11.5 Å². The van der Waals surface area contributed by atoms with Gasteiger partial charge in [-0.25, -0.2) is 0 Å². The number of benzene rings is 2. The van der Waals surface area contributed by atoms with E-state index in [0.717, 1.165) is 17.5 Å². The number of aliphatic hydroxyl groups is 2. The van der Waals surface area contributed by atoms with Gasteiger partial charge in [0.15, 0.2) is 11.4 Å². The molecule has 0 unspecified atom stereocenters. The molecule has 37 heavy (non-hydrogen) atoms. The highest BCUT2D eigenvalue weighted by atomic mass is 16.3. The van der Waals surface area contributed by atoms with Crippen molar-refractivity contribution in [3.63, 3.8) is 0 Å². The van der Waals surface area contributed by atoms with E-state index in [1.165, 1.54) is 18.6 Å². The van der Waals surface area contributed by atoms with Gasteiger partial charge in [0, 0.05) is 16.4 Å². The van der Waals surface area contributed by atoms with Crippen LogP contribution in [0.3, 0.4) is 0 Å². The number of allylic oxidation sites excluding steroid dienone is 1. The van der Waals surface area contributed by atoms with Gasteiger partial charge in [0.05, 0.1) is 11.1 Å². The third-order valence-corrected chi connectivity index (χ3v) is 8.76. The number of hydrogen-bond donors (Lipinski definition) is 3. The van der Waals surface area contributed by atoms with Crippen molar-refractivity contribution in [2.45, 2.75) is 65.4 Å². The lowest BCUT2D eigenvalue weighted by Crippen LogP contribution is -2.67. The highest BCUT2D eigenvalue weighted by Crippen LogP contribution is 2.62. The maximum absolute atomic E-state index is 14.0. The normalized spacial score (nSPS) is 29.1. The van der Waals surface area contributed by atoms with Crippen LogP contribution in [-0.2, 0) is 33.6 Å². The van der Waals surface area contributed by atoms with E-state index in [2.05, 4.69) is 12.1 Å². The van der Waals surface area contributed by atoms with E-state index in [1.54, 1.807) is 13.8 Å². The van der Waals surface area contributed by atoms with Crippen molar-refractivity contribution in [3.05, 3.63) is 81.4 Å². The second-order valence-corrected chi connectivity index (χ2v) is 11.5. The number of Topliss-reactive ketones (excluding diaryl/α,β-unsaturated/α-hetero) is 3. The lowest BCUT2D eigenvalue weighted by atomic mass is 9.46. The zero-order valence-corrected chi connectivity index (χ0v) is 21.6. The molecule has 0 bridgehead atoms. The first-order valence-electron chi connectivity index (χ1n) is 12.7.